The number of ether oxygens (including phenoxy) is 3. The standard InChI is InChI=1S/C21H25NO5.C9H9N/c1-13-16(21(24)27-9-8-25-2)12-17-18(22-13)10-14(11-19(17)23)15-6-4-5-7-20(15)26-3;1-7-3-2-4-9-8(7)5-6-10-9/h4-7,14,22H,8-12H2,1-3H3;2-6,10H,1H3/t14-;/m1./s1. The number of hydrogen-bond acceptors (Lipinski definition) is 6. The summed E-state index contributed by atoms with van der Waals surface area (Å²) >= 11 is 0. The van der Waals surface area contributed by atoms with Crippen LogP contribution in [0.2, 0.25) is 0 Å². The van der Waals surface area contributed by atoms with Gasteiger partial charge in [0.05, 0.1) is 19.3 Å². The summed E-state index contributed by atoms with van der Waals surface area (Å²) in [7, 11) is 3.19. The fraction of sp³-hybridized carbons (Fsp3) is 0.333. The number of ketones is 1. The van der Waals surface area contributed by atoms with Gasteiger partial charge in [0, 0.05) is 59.9 Å². The highest BCUT2D eigenvalue weighted by atomic mass is 16.6. The van der Waals surface area contributed by atoms with E-state index in [0.29, 0.717) is 37.0 Å². The maximum atomic E-state index is 12.8. The Hall–Kier alpha value is -3.84. The summed E-state index contributed by atoms with van der Waals surface area (Å²) in [6.45, 7) is 4.50. The molecule has 1 atom stereocenters. The van der Waals surface area contributed by atoms with Gasteiger partial charge in [-0.15, -0.1) is 0 Å². The molecule has 37 heavy (non-hydrogen) atoms. The number of Topliss-reactive ketones (excluding diaryl/α,β-unsaturated/α-hetero) is 1. The second-order valence-electron chi connectivity index (χ2n) is 9.28. The molecule has 7 nitrogen and oxygen atoms in total. The number of dihydropyridines is 1. The molecule has 0 spiro atoms. The number of esters is 1. The Bertz CT molecular complexity index is 1350. The number of benzene rings is 2. The molecule has 7 heteroatoms. The van der Waals surface area contributed by atoms with Crippen LogP contribution in [0.1, 0.15) is 43.2 Å². The van der Waals surface area contributed by atoms with Gasteiger partial charge in [-0.25, -0.2) is 4.79 Å². The molecule has 0 radical (unpaired) electrons. The van der Waals surface area contributed by atoms with Gasteiger partial charge in [0.2, 0.25) is 0 Å². The van der Waals surface area contributed by atoms with Crippen LogP contribution in [0, 0.1) is 6.92 Å². The number of aryl methyl sites for hydroxylation is 1. The molecule has 0 saturated carbocycles. The highest BCUT2D eigenvalue weighted by Gasteiger charge is 2.34. The first-order valence-electron chi connectivity index (χ1n) is 12.5. The zero-order valence-corrected chi connectivity index (χ0v) is 21.9. The van der Waals surface area contributed by atoms with Crippen molar-refractivity contribution in [1.82, 2.24) is 10.3 Å². The number of allylic oxidation sites excluding steroid dienone is 3. The van der Waals surface area contributed by atoms with Gasteiger partial charge in [-0.1, -0.05) is 30.3 Å². The largest absolute Gasteiger partial charge is 0.496 e. The summed E-state index contributed by atoms with van der Waals surface area (Å²) in [6, 6.07) is 16.2. The number of para-hydroxylation sites is 1. The molecular formula is C30H34N2O5. The molecule has 0 fully saturated rings. The van der Waals surface area contributed by atoms with Crippen molar-refractivity contribution in [3.8, 4) is 5.75 Å². The van der Waals surface area contributed by atoms with Gasteiger partial charge in [0.15, 0.2) is 5.78 Å². The molecule has 2 aromatic carbocycles. The SMILES string of the molecule is COCCOC(=O)C1=C(C)NC2=C(C1)C(=O)C[C@H](c1ccccc1OC)C2.Cc1cccc2[nH]ccc12. The van der Waals surface area contributed by atoms with E-state index < -0.39 is 5.97 Å². The number of nitrogens with one attached hydrogen (secondary N) is 2. The molecule has 1 aliphatic heterocycles. The lowest BCUT2D eigenvalue weighted by atomic mass is 9.78. The maximum Gasteiger partial charge on any atom is 0.336 e. The molecule has 1 aliphatic carbocycles. The van der Waals surface area contributed by atoms with Crippen LogP contribution in [-0.2, 0) is 19.1 Å². The van der Waals surface area contributed by atoms with E-state index in [9.17, 15) is 9.59 Å². The molecule has 0 amide bonds. The van der Waals surface area contributed by atoms with Crippen LogP contribution in [0.5, 0.6) is 5.75 Å². The lowest BCUT2D eigenvalue weighted by Gasteiger charge is -2.32. The fourth-order valence-corrected chi connectivity index (χ4v) is 4.90. The molecule has 3 aromatic rings. The number of methoxy groups -OCH3 is 2. The average Bonchev–Trinajstić information content (AvgIpc) is 3.39. The van der Waals surface area contributed by atoms with Crippen molar-refractivity contribution >= 4 is 22.7 Å². The van der Waals surface area contributed by atoms with Crippen molar-refractivity contribution < 1.29 is 23.8 Å². The normalized spacial score (nSPS) is 17.1. The summed E-state index contributed by atoms with van der Waals surface area (Å²) in [5.74, 6) is 0.519. The highest BCUT2D eigenvalue weighted by molar-refractivity contribution is 6.01. The van der Waals surface area contributed by atoms with Crippen molar-refractivity contribution in [3.63, 3.8) is 0 Å². The lowest BCUT2D eigenvalue weighted by molar-refractivity contribution is -0.140. The smallest absolute Gasteiger partial charge is 0.336 e. The maximum absolute atomic E-state index is 12.8. The van der Waals surface area contributed by atoms with E-state index in [4.69, 9.17) is 14.2 Å². The second kappa shape index (κ2) is 11.9. The van der Waals surface area contributed by atoms with E-state index in [-0.39, 0.29) is 18.3 Å². The molecule has 2 N–H and O–H groups in total. The monoisotopic (exact) mass is 502 g/mol. The van der Waals surface area contributed by atoms with Crippen LogP contribution >= 0.6 is 0 Å². The van der Waals surface area contributed by atoms with Gasteiger partial charge in [0.1, 0.15) is 12.4 Å². The Morgan fingerprint density at radius 3 is 2.57 bits per heavy atom. The first kappa shape index (κ1) is 26.2. The minimum atomic E-state index is -0.400. The summed E-state index contributed by atoms with van der Waals surface area (Å²) in [5.41, 5.74) is 6.42. The molecule has 2 aliphatic rings. The van der Waals surface area contributed by atoms with Crippen LogP contribution < -0.4 is 10.1 Å². The molecule has 2 heterocycles. The molecule has 5 rings (SSSR count). The Morgan fingerprint density at radius 2 is 1.81 bits per heavy atom. The van der Waals surface area contributed by atoms with E-state index in [1.165, 1.54) is 16.5 Å². The Morgan fingerprint density at radius 1 is 1.00 bits per heavy atom. The van der Waals surface area contributed by atoms with E-state index in [0.717, 1.165) is 22.7 Å². The Balaban J connectivity index is 0.000000265. The first-order valence-corrected chi connectivity index (χ1v) is 12.5. The van der Waals surface area contributed by atoms with Gasteiger partial charge in [0.25, 0.3) is 0 Å². The van der Waals surface area contributed by atoms with Crippen molar-refractivity contribution in [2.24, 2.45) is 0 Å². The zero-order chi connectivity index (χ0) is 26.4. The van der Waals surface area contributed by atoms with Gasteiger partial charge < -0.3 is 24.5 Å². The lowest BCUT2D eigenvalue weighted by Crippen LogP contribution is -2.31. The minimum absolute atomic E-state index is 0.0582. The van der Waals surface area contributed by atoms with Crippen molar-refractivity contribution in [3.05, 3.63) is 88.4 Å². The Labute approximate surface area is 217 Å². The number of aromatic amines is 1. The number of carbonyl (C=O) groups excluding carboxylic acids is 2. The summed E-state index contributed by atoms with van der Waals surface area (Å²) < 4.78 is 15.6. The quantitative estimate of drug-likeness (QED) is 0.350. The van der Waals surface area contributed by atoms with Gasteiger partial charge in [-0.2, -0.15) is 0 Å². The van der Waals surface area contributed by atoms with Crippen molar-refractivity contribution in [2.75, 3.05) is 27.4 Å². The third-order valence-electron chi connectivity index (χ3n) is 6.89. The third kappa shape index (κ3) is 5.94. The molecule has 0 saturated heterocycles. The number of carbonyl (C=O) groups is 2. The van der Waals surface area contributed by atoms with E-state index >= 15 is 0 Å². The minimum Gasteiger partial charge on any atom is -0.496 e. The van der Waals surface area contributed by atoms with Crippen molar-refractivity contribution in [1.29, 1.82) is 0 Å². The van der Waals surface area contributed by atoms with Crippen LogP contribution in [-0.4, -0.2) is 44.2 Å². The molecule has 0 unspecified atom stereocenters. The predicted molar refractivity (Wildman–Crippen MR) is 143 cm³/mol. The topological polar surface area (TPSA) is 89.7 Å². The third-order valence-corrected chi connectivity index (χ3v) is 6.89. The summed E-state index contributed by atoms with van der Waals surface area (Å²) in [5, 5.41) is 4.59. The van der Waals surface area contributed by atoms with E-state index in [2.05, 4.69) is 41.5 Å². The highest BCUT2D eigenvalue weighted by Crippen LogP contribution is 2.41. The second-order valence-corrected chi connectivity index (χ2v) is 9.28. The van der Waals surface area contributed by atoms with Crippen LogP contribution in [0.4, 0.5) is 0 Å². The van der Waals surface area contributed by atoms with Crippen LogP contribution in [0.3, 0.4) is 0 Å². The zero-order valence-electron chi connectivity index (χ0n) is 21.9. The average molecular weight is 503 g/mol. The number of fused-ring (bicyclic) bond motifs is 1. The van der Waals surface area contributed by atoms with Crippen molar-refractivity contribution in [2.45, 2.75) is 39.0 Å². The predicted octanol–water partition coefficient (Wildman–Crippen LogP) is 5.33. The number of aromatic nitrogens is 1. The van der Waals surface area contributed by atoms with Gasteiger partial charge >= 0.3 is 5.97 Å². The van der Waals surface area contributed by atoms with Gasteiger partial charge in [-0.05, 0) is 49.6 Å². The number of rotatable bonds is 6. The fourth-order valence-electron chi connectivity index (χ4n) is 4.90. The number of hydrogen-bond donors (Lipinski definition) is 2. The van der Waals surface area contributed by atoms with Crippen LogP contribution in [0.25, 0.3) is 10.9 Å². The van der Waals surface area contributed by atoms with Gasteiger partial charge in [-0.3, -0.25) is 4.79 Å². The van der Waals surface area contributed by atoms with E-state index in [1.54, 1.807) is 14.2 Å². The van der Waals surface area contributed by atoms with E-state index in [1.807, 2.05) is 37.4 Å². The Kier molecular flexibility index (Phi) is 8.46. The number of H-pyrrole nitrogens is 1. The molecular weight excluding hydrogens is 468 g/mol. The summed E-state index contributed by atoms with van der Waals surface area (Å²) in [4.78, 5) is 28.3. The first-order chi connectivity index (χ1) is 17.9. The molecule has 194 valence electrons. The molecule has 1 aromatic heterocycles. The van der Waals surface area contributed by atoms with Crippen LogP contribution in [0.15, 0.2) is 77.3 Å². The molecule has 0 bridgehead atoms. The summed E-state index contributed by atoms with van der Waals surface area (Å²) in [6.07, 6.45) is 3.41.